The first-order chi connectivity index (χ1) is 27.1. The fraction of sp³-hybridized carbons (Fsp3) is 0.450. The van der Waals surface area contributed by atoms with Gasteiger partial charge < -0.3 is 18.9 Å². The third-order valence-corrected chi connectivity index (χ3v) is 11.4. The normalized spacial score (nSPS) is 11.2. The van der Waals surface area contributed by atoms with Crippen LogP contribution in [0.15, 0.2) is 60.7 Å². The Morgan fingerprint density at radius 2 is 0.875 bits per heavy atom. The third-order valence-electron chi connectivity index (χ3n) is 9.20. The molecule has 0 aliphatic carbocycles. The van der Waals surface area contributed by atoms with Crippen molar-refractivity contribution in [3.05, 3.63) is 83.2 Å². The van der Waals surface area contributed by atoms with Crippen molar-refractivity contribution in [3.8, 4) is 22.5 Å². The molecule has 0 aliphatic heterocycles. The summed E-state index contributed by atoms with van der Waals surface area (Å²) >= 11 is 3.70. The molecule has 4 rings (SSSR count). The van der Waals surface area contributed by atoms with Gasteiger partial charge in [-0.2, -0.15) is 33.7 Å². The fourth-order valence-electron chi connectivity index (χ4n) is 5.96. The molecule has 0 spiro atoms. The van der Waals surface area contributed by atoms with Crippen molar-refractivity contribution in [2.75, 3.05) is 79.2 Å². The number of esters is 4. The van der Waals surface area contributed by atoms with Gasteiger partial charge in [-0.1, -0.05) is 60.7 Å². The summed E-state index contributed by atoms with van der Waals surface area (Å²) in [7, 11) is 5.30. The molecule has 0 radical (unpaired) electrons. The zero-order valence-corrected chi connectivity index (χ0v) is 34.7. The summed E-state index contributed by atoms with van der Waals surface area (Å²) in [5.41, 5.74) is 8.26. The average molecular weight is 809 g/mol. The van der Waals surface area contributed by atoms with E-state index in [1.165, 1.54) is 28.4 Å². The Bertz CT molecular complexity index is 1710. The standard InChI is InChI=1S/C40H52N6O8S2/c1-29-33(39(31-13-9-7-10-14-31)41-45(29)19-17-43(23-35(47)51-3)24-36(48)52-4)27-55-21-22-56-28-34-30(2)46(42-40(34)32-15-11-8-12-16-32)20-18-44(25-37(49)53-5)26-38(50)54-6/h7-16H,17-28H2,1-6H3. The van der Waals surface area contributed by atoms with Gasteiger partial charge in [-0.15, -0.1) is 0 Å². The molecule has 0 saturated heterocycles. The molecule has 2 aromatic heterocycles. The smallest absolute Gasteiger partial charge is 0.319 e. The zero-order valence-electron chi connectivity index (χ0n) is 33.0. The van der Waals surface area contributed by atoms with Crippen LogP contribution in [0.3, 0.4) is 0 Å². The lowest BCUT2D eigenvalue weighted by atomic mass is 10.1. The van der Waals surface area contributed by atoms with E-state index in [9.17, 15) is 19.2 Å². The Balaban J connectivity index is 1.42. The van der Waals surface area contributed by atoms with Crippen molar-refractivity contribution in [2.45, 2.75) is 38.4 Å². The molecule has 4 aromatic rings. The summed E-state index contributed by atoms with van der Waals surface area (Å²) in [5, 5.41) is 10.00. The monoisotopic (exact) mass is 808 g/mol. The van der Waals surface area contributed by atoms with Gasteiger partial charge in [0.15, 0.2) is 0 Å². The van der Waals surface area contributed by atoms with Gasteiger partial charge in [-0.05, 0) is 13.8 Å². The summed E-state index contributed by atoms with van der Waals surface area (Å²) in [4.78, 5) is 51.6. The van der Waals surface area contributed by atoms with E-state index in [-0.39, 0.29) is 26.2 Å². The second-order valence-electron chi connectivity index (χ2n) is 12.8. The van der Waals surface area contributed by atoms with Crippen LogP contribution >= 0.6 is 23.5 Å². The number of methoxy groups -OCH3 is 4. The topological polar surface area (TPSA) is 147 Å². The number of rotatable bonds is 23. The first-order valence-electron chi connectivity index (χ1n) is 18.2. The number of hydrogen-bond acceptors (Lipinski definition) is 14. The second-order valence-corrected chi connectivity index (χ2v) is 15.0. The number of benzene rings is 2. The van der Waals surface area contributed by atoms with Crippen LogP contribution < -0.4 is 0 Å². The van der Waals surface area contributed by atoms with Gasteiger partial charge >= 0.3 is 23.9 Å². The Labute approximate surface area is 337 Å². The van der Waals surface area contributed by atoms with Crippen LogP contribution in [0, 0.1) is 13.8 Å². The van der Waals surface area contributed by atoms with Gasteiger partial charge in [-0.3, -0.25) is 38.3 Å². The Morgan fingerprint density at radius 1 is 0.554 bits per heavy atom. The molecule has 14 nitrogen and oxygen atoms in total. The van der Waals surface area contributed by atoms with Crippen molar-refractivity contribution >= 4 is 47.4 Å². The Kier molecular flexibility index (Phi) is 17.9. The summed E-state index contributed by atoms with van der Waals surface area (Å²) in [5.74, 6) is 1.66. The van der Waals surface area contributed by atoms with Crippen LogP contribution in [-0.4, -0.2) is 132 Å². The van der Waals surface area contributed by atoms with Crippen LogP contribution in [0.25, 0.3) is 22.5 Å². The van der Waals surface area contributed by atoms with Gasteiger partial charge in [0.25, 0.3) is 0 Å². The van der Waals surface area contributed by atoms with Gasteiger partial charge in [0.05, 0.1) is 79.1 Å². The SMILES string of the molecule is COC(=O)CN(CCn1nc(-c2ccccc2)c(CSCCSCc2c(-c3ccccc3)nn(CCN(CC(=O)OC)CC(=O)OC)c2C)c1C)CC(=O)OC. The number of carbonyl (C=O) groups is 4. The number of hydrogen-bond donors (Lipinski definition) is 0. The summed E-state index contributed by atoms with van der Waals surface area (Å²) in [6.07, 6.45) is 0. The quantitative estimate of drug-likeness (QED) is 0.0589. The molecule has 302 valence electrons. The van der Waals surface area contributed by atoms with E-state index in [1.54, 1.807) is 9.80 Å². The predicted molar refractivity (Wildman–Crippen MR) is 218 cm³/mol. The summed E-state index contributed by atoms with van der Waals surface area (Å²) in [6, 6.07) is 20.2. The Hall–Kier alpha value is -4.64. The highest BCUT2D eigenvalue weighted by Crippen LogP contribution is 2.31. The van der Waals surface area contributed by atoms with E-state index in [1.807, 2.05) is 69.3 Å². The lowest BCUT2D eigenvalue weighted by Gasteiger charge is -2.20. The first kappa shape index (κ1) is 44.1. The molecule has 2 heterocycles. The molecule has 2 aromatic carbocycles. The van der Waals surface area contributed by atoms with E-state index >= 15 is 0 Å². The van der Waals surface area contributed by atoms with E-state index in [0.717, 1.165) is 68.0 Å². The maximum absolute atomic E-state index is 12.0. The highest BCUT2D eigenvalue weighted by molar-refractivity contribution is 8.02. The lowest BCUT2D eigenvalue weighted by molar-refractivity contribution is -0.147. The predicted octanol–water partition coefficient (Wildman–Crippen LogP) is 4.49. The number of nitrogens with zero attached hydrogens (tertiary/aromatic N) is 6. The molecule has 0 aliphatic rings. The fourth-order valence-corrected chi connectivity index (χ4v) is 8.29. The van der Waals surface area contributed by atoms with Crippen molar-refractivity contribution in [2.24, 2.45) is 0 Å². The summed E-state index contributed by atoms with van der Waals surface area (Å²) in [6.45, 7) is 5.77. The highest BCUT2D eigenvalue weighted by Gasteiger charge is 2.21. The Morgan fingerprint density at radius 3 is 1.18 bits per heavy atom. The van der Waals surface area contributed by atoms with Gasteiger partial charge in [0.2, 0.25) is 0 Å². The molecular weight excluding hydrogens is 757 g/mol. The minimum atomic E-state index is -0.428. The van der Waals surface area contributed by atoms with E-state index in [2.05, 4.69) is 38.1 Å². The highest BCUT2D eigenvalue weighted by atomic mass is 32.2. The molecule has 56 heavy (non-hydrogen) atoms. The lowest BCUT2D eigenvalue weighted by Crippen LogP contribution is -2.37. The number of aromatic nitrogens is 4. The van der Waals surface area contributed by atoms with Crippen molar-refractivity contribution in [1.82, 2.24) is 29.4 Å². The molecule has 0 bridgehead atoms. The molecule has 0 saturated carbocycles. The van der Waals surface area contributed by atoms with Gasteiger partial charge in [0, 0.05) is 69.7 Å². The van der Waals surface area contributed by atoms with Crippen LogP contribution in [0.5, 0.6) is 0 Å². The minimum Gasteiger partial charge on any atom is -0.468 e. The van der Waals surface area contributed by atoms with Crippen LogP contribution in [-0.2, 0) is 62.7 Å². The largest absolute Gasteiger partial charge is 0.468 e. The third kappa shape index (κ3) is 13.0. The average Bonchev–Trinajstić information content (AvgIpc) is 3.71. The van der Waals surface area contributed by atoms with Crippen LogP contribution in [0.1, 0.15) is 22.5 Å². The summed E-state index contributed by atoms with van der Waals surface area (Å²) < 4.78 is 23.2. The molecule has 0 N–H and O–H groups in total. The molecule has 0 atom stereocenters. The number of ether oxygens (including phenoxy) is 4. The first-order valence-corrected chi connectivity index (χ1v) is 20.5. The van der Waals surface area contributed by atoms with Gasteiger partial charge in [-0.25, -0.2) is 0 Å². The van der Waals surface area contributed by atoms with Crippen molar-refractivity contribution < 1.29 is 38.1 Å². The maximum atomic E-state index is 12.0. The number of carbonyl (C=O) groups excluding carboxylic acids is 4. The van der Waals surface area contributed by atoms with Crippen molar-refractivity contribution in [1.29, 1.82) is 0 Å². The van der Waals surface area contributed by atoms with Crippen LogP contribution in [0.4, 0.5) is 0 Å². The van der Waals surface area contributed by atoms with Crippen molar-refractivity contribution in [3.63, 3.8) is 0 Å². The second kappa shape index (κ2) is 22.8. The maximum Gasteiger partial charge on any atom is 0.319 e. The molecular formula is C40H52N6O8S2. The number of thioether (sulfide) groups is 2. The minimum absolute atomic E-state index is 0.0301. The van der Waals surface area contributed by atoms with Gasteiger partial charge in [0.1, 0.15) is 0 Å². The molecule has 0 amide bonds. The molecule has 0 fully saturated rings. The molecule has 16 heteroatoms. The van der Waals surface area contributed by atoms with E-state index < -0.39 is 23.9 Å². The van der Waals surface area contributed by atoms with Crippen LogP contribution in [0.2, 0.25) is 0 Å². The van der Waals surface area contributed by atoms with E-state index in [0.29, 0.717) is 26.2 Å². The zero-order chi connectivity index (χ0) is 40.5. The molecule has 0 unspecified atom stereocenters. The van der Waals surface area contributed by atoms with E-state index in [4.69, 9.17) is 29.1 Å².